The Labute approximate surface area is 168 Å². The highest BCUT2D eigenvalue weighted by molar-refractivity contribution is 6.31. The second kappa shape index (κ2) is 9.85. The number of aromatic carboxylic acids is 1. The van der Waals surface area contributed by atoms with Crippen LogP contribution in [0.25, 0.3) is 0 Å². The molecule has 2 aromatic carbocycles. The number of benzene rings is 2. The summed E-state index contributed by atoms with van der Waals surface area (Å²) in [5.74, 6) is -0.565. The van der Waals surface area contributed by atoms with E-state index in [0.717, 1.165) is 0 Å². The first kappa shape index (κ1) is 21.4. The van der Waals surface area contributed by atoms with Gasteiger partial charge in [0.05, 0.1) is 31.1 Å². The number of carbonyl (C=O) groups excluding carboxylic acids is 1. The van der Waals surface area contributed by atoms with Crippen LogP contribution in [0.2, 0.25) is 5.02 Å². The van der Waals surface area contributed by atoms with Crippen LogP contribution in [0, 0.1) is 0 Å². The molecule has 0 saturated heterocycles. The van der Waals surface area contributed by atoms with Crippen LogP contribution in [-0.4, -0.2) is 36.8 Å². The van der Waals surface area contributed by atoms with Gasteiger partial charge in [0.2, 0.25) is 5.75 Å². The van der Waals surface area contributed by atoms with Gasteiger partial charge in [-0.15, -0.1) is 0 Å². The maximum Gasteiger partial charge on any atom is 0.337 e. The number of halogens is 1. The smallest absolute Gasteiger partial charge is 0.337 e. The van der Waals surface area contributed by atoms with E-state index in [4.69, 9.17) is 25.8 Å². The second-order valence-electron chi connectivity index (χ2n) is 5.55. The number of carbonyl (C=O) groups is 2. The molecule has 0 aliphatic heterocycles. The van der Waals surface area contributed by atoms with E-state index in [-0.39, 0.29) is 16.8 Å². The second-order valence-corrected chi connectivity index (χ2v) is 5.99. The summed E-state index contributed by atoms with van der Waals surface area (Å²) in [4.78, 5) is 24.2. The number of nitrogens with one attached hydrogen (secondary N) is 1. The summed E-state index contributed by atoms with van der Waals surface area (Å²) in [6.45, 7) is 6.60. The van der Waals surface area contributed by atoms with Crippen molar-refractivity contribution in [3.05, 3.63) is 46.5 Å². The van der Waals surface area contributed by atoms with Crippen LogP contribution in [0.4, 0.5) is 5.69 Å². The Morgan fingerprint density at radius 2 is 1.54 bits per heavy atom. The van der Waals surface area contributed by atoms with E-state index in [1.807, 2.05) is 20.8 Å². The minimum Gasteiger partial charge on any atom is -0.490 e. The number of rotatable bonds is 9. The molecule has 7 nitrogen and oxygen atoms in total. The van der Waals surface area contributed by atoms with Crippen molar-refractivity contribution in [2.75, 3.05) is 25.1 Å². The monoisotopic (exact) mass is 407 g/mol. The van der Waals surface area contributed by atoms with Gasteiger partial charge in [-0.2, -0.15) is 0 Å². The zero-order valence-electron chi connectivity index (χ0n) is 15.9. The van der Waals surface area contributed by atoms with Crippen LogP contribution >= 0.6 is 11.6 Å². The molecule has 0 atom stereocenters. The maximum atomic E-state index is 12.8. The molecule has 150 valence electrons. The largest absolute Gasteiger partial charge is 0.490 e. The molecule has 0 radical (unpaired) electrons. The lowest BCUT2D eigenvalue weighted by atomic mass is 10.1. The molecular weight excluding hydrogens is 386 g/mol. The zero-order chi connectivity index (χ0) is 20.7. The molecular formula is C20H22ClNO6. The molecule has 0 bridgehead atoms. The van der Waals surface area contributed by atoms with Gasteiger partial charge in [-0.1, -0.05) is 11.6 Å². The van der Waals surface area contributed by atoms with Crippen LogP contribution in [0.5, 0.6) is 17.2 Å². The fraction of sp³-hybridized carbons (Fsp3) is 0.300. The summed E-state index contributed by atoms with van der Waals surface area (Å²) in [7, 11) is 0. The average molecular weight is 408 g/mol. The van der Waals surface area contributed by atoms with E-state index in [1.165, 1.54) is 30.3 Å². The minimum absolute atomic E-state index is 0.0706. The van der Waals surface area contributed by atoms with Gasteiger partial charge in [0.1, 0.15) is 0 Å². The Balaban J connectivity index is 2.45. The third-order valence-electron chi connectivity index (χ3n) is 3.63. The highest BCUT2D eigenvalue weighted by Gasteiger charge is 2.20. The number of anilines is 1. The first-order valence-electron chi connectivity index (χ1n) is 8.81. The van der Waals surface area contributed by atoms with Gasteiger partial charge in [-0.25, -0.2) is 4.79 Å². The number of hydrogen-bond donors (Lipinski definition) is 2. The third-order valence-corrected chi connectivity index (χ3v) is 3.87. The fourth-order valence-corrected chi connectivity index (χ4v) is 2.69. The molecule has 2 rings (SSSR count). The SMILES string of the molecule is CCOc1cc(C(=O)Nc2cc(Cl)ccc2C(=O)O)cc(OCC)c1OCC. The average Bonchev–Trinajstić information content (AvgIpc) is 2.64. The molecule has 28 heavy (non-hydrogen) atoms. The van der Waals surface area contributed by atoms with Crippen LogP contribution < -0.4 is 19.5 Å². The van der Waals surface area contributed by atoms with Crippen LogP contribution in [0.3, 0.4) is 0 Å². The number of carboxylic acid groups (broad SMARTS) is 1. The highest BCUT2D eigenvalue weighted by atomic mass is 35.5. The highest BCUT2D eigenvalue weighted by Crippen LogP contribution is 2.39. The van der Waals surface area contributed by atoms with E-state index in [1.54, 1.807) is 0 Å². The van der Waals surface area contributed by atoms with Crippen LogP contribution in [0.1, 0.15) is 41.5 Å². The van der Waals surface area contributed by atoms with Crippen LogP contribution in [-0.2, 0) is 0 Å². The Kier molecular flexibility index (Phi) is 7.52. The van der Waals surface area contributed by atoms with E-state index in [9.17, 15) is 14.7 Å². The molecule has 0 aromatic heterocycles. The number of amides is 1. The van der Waals surface area contributed by atoms with Crippen molar-refractivity contribution in [2.45, 2.75) is 20.8 Å². The van der Waals surface area contributed by atoms with Gasteiger partial charge in [-0.05, 0) is 51.1 Å². The van der Waals surface area contributed by atoms with Gasteiger partial charge in [0.15, 0.2) is 11.5 Å². The maximum absolute atomic E-state index is 12.8. The standard InChI is InChI=1S/C20H22ClNO6/c1-4-26-16-9-12(10-17(27-5-2)18(16)28-6-3)19(23)22-15-11-13(21)7-8-14(15)20(24)25/h7-11H,4-6H2,1-3H3,(H,22,23)(H,24,25). The van der Waals surface area contributed by atoms with Crippen molar-refractivity contribution in [3.63, 3.8) is 0 Å². The number of hydrogen-bond acceptors (Lipinski definition) is 5. The van der Waals surface area contributed by atoms with E-state index < -0.39 is 11.9 Å². The van der Waals surface area contributed by atoms with Gasteiger partial charge >= 0.3 is 5.97 Å². The lowest BCUT2D eigenvalue weighted by molar-refractivity contribution is 0.0698. The van der Waals surface area contributed by atoms with E-state index in [2.05, 4.69) is 5.32 Å². The molecule has 0 heterocycles. The van der Waals surface area contributed by atoms with Gasteiger partial charge in [-0.3, -0.25) is 4.79 Å². The first-order chi connectivity index (χ1) is 13.4. The normalized spacial score (nSPS) is 10.3. The van der Waals surface area contributed by atoms with E-state index in [0.29, 0.717) is 42.1 Å². The predicted molar refractivity (Wildman–Crippen MR) is 106 cm³/mol. The molecule has 0 aliphatic carbocycles. The van der Waals surface area contributed by atoms with Crippen molar-refractivity contribution in [3.8, 4) is 17.2 Å². The van der Waals surface area contributed by atoms with Crippen molar-refractivity contribution in [2.24, 2.45) is 0 Å². The molecule has 2 N–H and O–H groups in total. The molecule has 0 aliphatic rings. The Hall–Kier alpha value is -2.93. The molecule has 0 saturated carbocycles. The molecule has 2 aromatic rings. The molecule has 1 amide bonds. The number of ether oxygens (including phenoxy) is 3. The van der Waals surface area contributed by atoms with Crippen molar-refractivity contribution >= 4 is 29.2 Å². The summed E-state index contributed by atoms with van der Waals surface area (Å²) < 4.78 is 16.8. The zero-order valence-corrected chi connectivity index (χ0v) is 16.6. The number of carboxylic acids is 1. The Bertz CT molecular complexity index is 841. The summed E-state index contributed by atoms with van der Waals surface area (Å²) in [6.07, 6.45) is 0. The van der Waals surface area contributed by atoms with Gasteiger partial charge in [0.25, 0.3) is 5.91 Å². The third kappa shape index (κ3) is 5.07. The van der Waals surface area contributed by atoms with Crippen molar-refractivity contribution in [1.29, 1.82) is 0 Å². The lowest BCUT2D eigenvalue weighted by Gasteiger charge is -2.17. The van der Waals surface area contributed by atoms with Crippen molar-refractivity contribution in [1.82, 2.24) is 0 Å². The van der Waals surface area contributed by atoms with Gasteiger partial charge in [0, 0.05) is 10.6 Å². The summed E-state index contributed by atoms with van der Waals surface area (Å²) in [6, 6.07) is 7.20. The first-order valence-corrected chi connectivity index (χ1v) is 9.19. The minimum atomic E-state index is -1.18. The summed E-state index contributed by atoms with van der Waals surface area (Å²) in [5.41, 5.74) is 0.250. The molecule has 0 fully saturated rings. The molecule has 0 unspecified atom stereocenters. The van der Waals surface area contributed by atoms with Gasteiger partial charge < -0.3 is 24.6 Å². The summed E-state index contributed by atoms with van der Waals surface area (Å²) in [5, 5.41) is 12.2. The Morgan fingerprint density at radius 1 is 0.964 bits per heavy atom. The fourth-order valence-electron chi connectivity index (χ4n) is 2.52. The lowest BCUT2D eigenvalue weighted by Crippen LogP contribution is -2.15. The van der Waals surface area contributed by atoms with E-state index >= 15 is 0 Å². The van der Waals surface area contributed by atoms with Crippen molar-refractivity contribution < 1.29 is 28.9 Å². The summed E-state index contributed by atoms with van der Waals surface area (Å²) >= 11 is 5.94. The molecule has 0 spiro atoms. The quantitative estimate of drug-likeness (QED) is 0.636. The topological polar surface area (TPSA) is 94.1 Å². The van der Waals surface area contributed by atoms with Crippen LogP contribution in [0.15, 0.2) is 30.3 Å². The predicted octanol–water partition coefficient (Wildman–Crippen LogP) is 4.49. The Morgan fingerprint density at radius 3 is 2.04 bits per heavy atom. The molecule has 8 heteroatoms.